The van der Waals surface area contributed by atoms with Gasteiger partial charge in [0, 0.05) is 49.1 Å². The third-order valence-electron chi connectivity index (χ3n) is 6.81. The fourth-order valence-electron chi connectivity index (χ4n) is 4.54. The summed E-state index contributed by atoms with van der Waals surface area (Å²) in [5.41, 5.74) is 4.47. The number of halogens is 3. The summed E-state index contributed by atoms with van der Waals surface area (Å²) in [6, 6.07) is 19.3. The van der Waals surface area contributed by atoms with Crippen LogP contribution in [0.1, 0.15) is 48.8 Å². The van der Waals surface area contributed by atoms with Crippen molar-refractivity contribution in [3.8, 4) is 0 Å². The third-order valence-corrected chi connectivity index (χ3v) is 7.89. The van der Waals surface area contributed by atoms with E-state index in [2.05, 4.69) is 53.4 Å². The molecule has 0 amide bonds. The van der Waals surface area contributed by atoms with E-state index in [-0.39, 0.29) is 11.5 Å². The maximum atomic E-state index is 13.6. The first-order valence-electron chi connectivity index (χ1n) is 12.1. The summed E-state index contributed by atoms with van der Waals surface area (Å²) in [7, 11) is 0. The van der Waals surface area contributed by atoms with Gasteiger partial charge in [-0.1, -0.05) is 77.2 Å². The van der Waals surface area contributed by atoms with E-state index in [4.69, 9.17) is 33.3 Å². The summed E-state index contributed by atoms with van der Waals surface area (Å²) in [6.45, 7) is 6.78. The summed E-state index contributed by atoms with van der Waals surface area (Å²) < 4.78 is 4.48. The summed E-state index contributed by atoms with van der Waals surface area (Å²) in [5.74, 6) is 0.709. The Morgan fingerprint density at radius 2 is 1.86 bits per heavy atom. The topological polar surface area (TPSA) is 52.2 Å². The van der Waals surface area contributed by atoms with Gasteiger partial charge in [0.05, 0.1) is 17.1 Å². The van der Waals surface area contributed by atoms with Crippen molar-refractivity contribution in [3.05, 3.63) is 108 Å². The van der Waals surface area contributed by atoms with Gasteiger partial charge in [-0.2, -0.15) is 9.78 Å². The SMILES string of the molecule is CC[C@@H](C)c1nc2ccc(Br)cc2c(=O)n1N=Cc1c(C)n(Cc2ccc(Cl)cc2Cl)c2ccccc12. The molecule has 5 aromatic rings. The van der Waals surface area contributed by atoms with Crippen molar-refractivity contribution in [3.63, 3.8) is 0 Å². The molecule has 2 heterocycles. The van der Waals surface area contributed by atoms with Crippen molar-refractivity contribution in [1.29, 1.82) is 0 Å². The molecule has 0 saturated heterocycles. The largest absolute Gasteiger partial charge is 0.340 e. The first-order chi connectivity index (χ1) is 17.8. The molecule has 3 aromatic carbocycles. The minimum absolute atomic E-state index is 0.0624. The molecule has 0 spiro atoms. The van der Waals surface area contributed by atoms with E-state index < -0.39 is 0 Å². The molecule has 37 heavy (non-hydrogen) atoms. The van der Waals surface area contributed by atoms with E-state index in [1.807, 2.05) is 36.4 Å². The normalized spacial score (nSPS) is 12.7. The van der Waals surface area contributed by atoms with Crippen LogP contribution < -0.4 is 5.56 Å². The van der Waals surface area contributed by atoms with Crippen LogP contribution in [0.4, 0.5) is 0 Å². The standard InChI is InChI=1S/C29H25BrCl2N4O/c1-4-17(2)28-34-26-12-10-20(30)13-23(26)29(37)36(28)33-15-24-18(3)35(27-8-6-5-7-22(24)27)16-19-9-11-21(31)14-25(19)32/h5-15,17H,4,16H2,1-3H3/t17-/m1/s1. The maximum Gasteiger partial charge on any atom is 0.282 e. The fourth-order valence-corrected chi connectivity index (χ4v) is 5.37. The van der Waals surface area contributed by atoms with Gasteiger partial charge in [-0.15, -0.1) is 0 Å². The number of hydrogen-bond acceptors (Lipinski definition) is 3. The van der Waals surface area contributed by atoms with E-state index in [0.717, 1.165) is 38.6 Å². The van der Waals surface area contributed by atoms with Gasteiger partial charge >= 0.3 is 0 Å². The summed E-state index contributed by atoms with van der Waals surface area (Å²) in [4.78, 5) is 18.4. The number of benzene rings is 3. The van der Waals surface area contributed by atoms with Crippen LogP contribution in [0.3, 0.4) is 0 Å². The van der Waals surface area contributed by atoms with Crippen LogP contribution in [0.5, 0.6) is 0 Å². The van der Waals surface area contributed by atoms with Crippen LogP contribution in [-0.4, -0.2) is 20.4 Å². The van der Waals surface area contributed by atoms with Crippen LogP contribution >= 0.6 is 39.1 Å². The lowest BCUT2D eigenvalue weighted by Crippen LogP contribution is -2.23. The Bertz CT molecular complexity index is 1740. The fraction of sp³-hybridized carbons (Fsp3) is 0.207. The average Bonchev–Trinajstić information content (AvgIpc) is 3.15. The number of nitrogens with zero attached hydrogens (tertiary/aromatic N) is 4. The summed E-state index contributed by atoms with van der Waals surface area (Å²) in [5, 5.41) is 7.53. The zero-order valence-electron chi connectivity index (χ0n) is 20.7. The number of hydrogen-bond donors (Lipinski definition) is 0. The Morgan fingerprint density at radius 3 is 2.62 bits per heavy atom. The highest BCUT2D eigenvalue weighted by Gasteiger charge is 2.17. The van der Waals surface area contributed by atoms with Crippen LogP contribution in [0, 0.1) is 6.92 Å². The molecule has 0 aliphatic rings. The van der Waals surface area contributed by atoms with E-state index in [1.165, 1.54) is 4.68 Å². The second-order valence-electron chi connectivity index (χ2n) is 9.14. The smallest absolute Gasteiger partial charge is 0.282 e. The van der Waals surface area contributed by atoms with Gasteiger partial charge < -0.3 is 4.57 Å². The van der Waals surface area contributed by atoms with Gasteiger partial charge in [0.2, 0.25) is 0 Å². The molecule has 1 atom stereocenters. The van der Waals surface area contributed by atoms with Gasteiger partial charge in [0.1, 0.15) is 5.82 Å². The van der Waals surface area contributed by atoms with Crippen LogP contribution in [0.2, 0.25) is 10.0 Å². The molecular formula is C29H25BrCl2N4O. The molecule has 0 bridgehead atoms. The monoisotopic (exact) mass is 594 g/mol. The van der Waals surface area contributed by atoms with Crippen molar-refractivity contribution in [2.45, 2.75) is 39.7 Å². The molecule has 8 heteroatoms. The van der Waals surface area contributed by atoms with Crippen molar-refractivity contribution in [1.82, 2.24) is 14.2 Å². The average molecular weight is 596 g/mol. The molecule has 0 radical (unpaired) electrons. The van der Waals surface area contributed by atoms with E-state index in [0.29, 0.717) is 33.3 Å². The first-order valence-corrected chi connectivity index (χ1v) is 13.6. The van der Waals surface area contributed by atoms with Crippen molar-refractivity contribution in [2.75, 3.05) is 0 Å². The van der Waals surface area contributed by atoms with Crippen LogP contribution in [0.25, 0.3) is 21.8 Å². The van der Waals surface area contributed by atoms with Crippen LogP contribution in [0.15, 0.2) is 75.0 Å². The first kappa shape index (κ1) is 25.7. The number of fused-ring (bicyclic) bond motifs is 2. The molecule has 0 N–H and O–H groups in total. The van der Waals surface area contributed by atoms with Crippen molar-refractivity contribution < 1.29 is 0 Å². The molecular weight excluding hydrogens is 571 g/mol. The number of rotatable bonds is 6. The van der Waals surface area contributed by atoms with E-state index >= 15 is 0 Å². The summed E-state index contributed by atoms with van der Waals surface area (Å²) >= 11 is 16.1. The predicted octanol–water partition coefficient (Wildman–Crippen LogP) is 8.17. The second kappa shape index (κ2) is 10.4. The number of para-hydroxylation sites is 1. The van der Waals surface area contributed by atoms with Crippen LogP contribution in [-0.2, 0) is 6.54 Å². The highest BCUT2D eigenvalue weighted by molar-refractivity contribution is 9.10. The highest BCUT2D eigenvalue weighted by Crippen LogP contribution is 2.29. The third kappa shape index (κ3) is 4.86. The summed E-state index contributed by atoms with van der Waals surface area (Å²) in [6.07, 6.45) is 2.61. The van der Waals surface area contributed by atoms with Gasteiger partial charge in [-0.25, -0.2) is 4.98 Å². The Hall–Kier alpha value is -2.93. The second-order valence-corrected chi connectivity index (χ2v) is 10.9. The lowest BCUT2D eigenvalue weighted by Gasteiger charge is -2.14. The Morgan fingerprint density at radius 1 is 1.08 bits per heavy atom. The molecule has 5 rings (SSSR count). The van der Waals surface area contributed by atoms with Gasteiger partial charge in [-0.05, 0) is 55.3 Å². The minimum atomic E-state index is -0.188. The molecule has 2 aromatic heterocycles. The van der Waals surface area contributed by atoms with Crippen molar-refractivity contribution >= 4 is 67.2 Å². The number of aromatic nitrogens is 3. The molecule has 5 nitrogen and oxygen atoms in total. The lowest BCUT2D eigenvalue weighted by atomic mass is 10.1. The predicted molar refractivity (Wildman–Crippen MR) is 158 cm³/mol. The van der Waals surface area contributed by atoms with E-state index in [1.54, 1.807) is 18.3 Å². The van der Waals surface area contributed by atoms with E-state index in [9.17, 15) is 4.79 Å². The van der Waals surface area contributed by atoms with Gasteiger partial charge in [-0.3, -0.25) is 4.79 Å². The molecule has 0 saturated carbocycles. The lowest BCUT2D eigenvalue weighted by molar-refractivity contribution is 0.613. The quantitative estimate of drug-likeness (QED) is 0.186. The van der Waals surface area contributed by atoms with Gasteiger partial charge in [0.15, 0.2) is 0 Å². The highest BCUT2D eigenvalue weighted by atomic mass is 79.9. The molecule has 0 unspecified atom stereocenters. The molecule has 0 aliphatic heterocycles. The zero-order chi connectivity index (χ0) is 26.3. The Balaban J connectivity index is 1.67. The zero-order valence-corrected chi connectivity index (χ0v) is 23.8. The molecule has 188 valence electrons. The molecule has 0 aliphatic carbocycles. The van der Waals surface area contributed by atoms with Crippen molar-refractivity contribution in [2.24, 2.45) is 5.10 Å². The maximum absolute atomic E-state index is 13.6. The molecule has 0 fully saturated rings. The Kier molecular flexibility index (Phi) is 7.26. The minimum Gasteiger partial charge on any atom is -0.340 e. The Labute approximate surface area is 233 Å². The van der Waals surface area contributed by atoms with Gasteiger partial charge in [0.25, 0.3) is 5.56 Å².